The van der Waals surface area contributed by atoms with Gasteiger partial charge in [-0.05, 0) is 19.8 Å². The van der Waals surface area contributed by atoms with Gasteiger partial charge >= 0.3 is 5.97 Å². The third-order valence-corrected chi connectivity index (χ3v) is 3.18. The number of aromatic nitrogens is 2. The third-order valence-electron chi connectivity index (χ3n) is 3.18. The van der Waals surface area contributed by atoms with Crippen molar-refractivity contribution in [3.8, 4) is 0 Å². The van der Waals surface area contributed by atoms with Crippen molar-refractivity contribution in [1.29, 1.82) is 0 Å². The smallest absolute Gasteiger partial charge is 0.309 e. The molecule has 1 amide bonds. The average Bonchev–Trinajstić information content (AvgIpc) is 2.48. The van der Waals surface area contributed by atoms with Gasteiger partial charge in [-0.2, -0.15) is 0 Å². The summed E-state index contributed by atoms with van der Waals surface area (Å²) < 4.78 is 5.00. The van der Waals surface area contributed by atoms with Crippen LogP contribution in [0.1, 0.15) is 30.3 Å². The zero-order valence-corrected chi connectivity index (χ0v) is 10.9. The lowest BCUT2D eigenvalue weighted by Crippen LogP contribution is -2.41. The monoisotopic (exact) mass is 263 g/mol. The van der Waals surface area contributed by atoms with E-state index in [1.54, 1.807) is 11.8 Å². The van der Waals surface area contributed by atoms with Gasteiger partial charge in [-0.25, -0.2) is 4.98 Å². The van der Waals surface area contributed by atoms with Gasteiger partial charge in [0.1, 0.15) is 5.69 Å². The fraction of sp³-hybridized carbons (Fsp3) is 0.538. The number of carbonyl (C=O) groups is 2. The molecular formula is C13H17N3O3. The van der Waals surface area contributed by atoms with Crippen LogP contribution in [0.2, 0.25) is 0 Å². The van der Waals surface area contributed by atoms with Crippen LogP contribution < -0.4 is 0 Å². The molecule has 19 heavy (non-hydrogen) atoms. The predicted molar refractivity (Wildman–Crippen MR) is 67.3 cm³/mol. The second-order valence-electron chi connectivity index (χ2n) is 4.41. The highest BCUT2D eigenvalue weighted by Crippen LogP contribution is 2.19. The van der Waals surface area contributed by atoms with Gasteiger partial charge in [-0.15, -0.1) is 0 Å². The quantitative estimate of drug-likeness (QED) is 0.757. The number of nitrogens with zero attached hydrogens (tertiary/aromatic N) is 3. The Labute approximate surface area is 111 Å². The molecule has 0 N–H and O–H groups in total. The standard InChI is InChI=1S/C13H17N3O3/c1-2-19-13(18)10-3-7-16(8-4-10)12(17)11-9-14-5-6-15-11/h5-6,9-10H,2-4,7-8H2,1H3. The summed E-state index contributed by atoms with van der Waals surface area (Å²) in [6, 6.07) is 0. The lowest BCUT2D eigenvalue weighted by atomic mass is 9.97. The van der Waals surface area contributed by atoms with E-state index in [0.717, 1.165) is 0 Å². The summed E-state index contributed by atoms with van der Waals surface area (Å²) in [5.41, 5.74) is 0.345. The molecule has 0 radical (unpaired) electrons. The van der Waals surface area contributed by atoms with Crippen molar-refractivity contribution >= 4 is 11.9 Å². The molecule has 1 aromatic rings. The molecule has 1 aliphatic rings. The minimum absolute atomic E-state index is 0.0918. The number of likely N-dealkylation sites (tertiary alicyclic amines) is 1. The number of piperidine rings is 1. The minimum atomic E-state index is -0.158. The molecule has 2 rings (SSSR count). The summed E-state index contributed by atoms with van der Waals surface area (Å²) in [5.74, 6) is -0.379. The first-order valence-electron chi connectivity index (χ1n) is 6.44. The Kier molecular flexibility index (Phi) is 4.43. The number of ether oxygens (including phenoxy) is 1. The van der Waals surface area contributed by atoms with E-state index in [-0.39, 0.29) is 17.8 Å². The molecule has 6 nitrogen and oxygen atoms in total. The number of rotatable bonds is 3. The molecule has 1 fully saturated rings. The maximum atomic E-state index is 12.1. The molecule has 0 spiro atoms. The number of esters is 1. The van der Waals surface area contributed by atoms with Crippen molar-refractivity contribution in [3.05, 3.63) is 24.3 Å². The first kappa shape index (κ1) is 13.5. The first-order valence-corrected chi connectivity index (χ1v) is 6.44. The molecule has 1 saturated heterocycles. The number of hydrogen-bond acceptors (Lipinski definition) is 5. The Hall–Kier alpha value is -1.98. The summed E-state index contributed by atoms with van der Waals surface area (Å²) >= 11 is 0. The van der Waals surface area contributed by atoms with Gasteiger partial charge in [0.25, 0.3) is 5.91 Å². The summed E-state index contributed by atoms with van der Waals surface area (Å²) in [5, 5.41) is 0. The van der Waals surface area contributed by atoms with E-state index in [2.05, 4.69) is 9.97 Å². The van der Waals surface area contributed by atoms with Gasteiger partial charge in [0.05, 0.1) is 18.7 Å². The SMILES string of the molecule is CCOC(=O)C1CCN(C(=O)c2cnccn2)CC1. The van der Waals surface area contributed by atoms with E-state index < -0.39 is 0 Å². The van der Waals surface area contributed by atoms with Crippen LogP contribution in [0.25, 0.3) is 0 Å². The Morgan fingerprint density at radius 1 is 1.37 bits per heavy atom. The Balaban J connectivity index is 1.90. The van der Waals surface area contributed by atoms with E-state index in [4.69, 9.17) is 4.74 Å². The van der Waals surface area contributed by atoms with Crippen molar-refractivity contribution in [2.45, 2.75) is 19.8 Å². The second kappa shape index (κ2) is 6.26. The lowest BCUT2D eigenvalue weighted by Gasteiger charge is -2.30. The highest BCUT2D eigenvalue weighted by atomic mass is 16.5. The van der Waals surface area contributed by atoms with Gasteiger partial charge in [-0.3, -0.25) is 14.6 Å². The van der Waals surface area contributed by atoms with E-state index in [1.807, 2.05) is 0 Å². The lowest BCUT2D eigenvalue weighted by molar-refractivity contribution is -0.149. The summed E-state index contributed by atoms with van der Waals surface area (Å²) in [4.78, 5) is 33.3. The maximum Gasteiger partial charge on any atom is 0.309 e. The second-order valence-corrected chi connectivity index (χ2v) is 4.41. The number of hydrogen-bond donors (Lipinski definition) is 0. The van der Waals surface area contributed by atoms with E-state index >= 15 is 0 Å². The summed E-state index contributed by atoms with van der Waals surface area (Å²) in [6.45, 7) is 3.31. The van der Waals surface area contributed by atoms with Crippen molar-refractivity contribution in [1.82, 2.24) is 14.9 Å². The van der Waals surface area contributed by atoms with Crippen LogP contribution in [-0.4, -0.2) is 46.4 Å². The molecule has 2 heterocycles. The zero-order valence-electron chi connectivity index (χ0n) is 10.9. The number of amides is 1. The van der Waals surface area contributed by atoms with Gasteiger partial charge in [0.2, 0.25) is 0 Å². The Bertz CT molecular complexity index is 442. The molecule has 1 aromatic heterocycles. The fourth-order valence-electron chi connectivity index (χ4n) is 2.15. The molecular weight excluding hydrogens is 246 g/mol. The van der Waals surface area contributed by atoms with Gasteiger partial charge < -0.3 is 9.64 Å². The zero-order chi connectivity index (χ0) is 13.7. The largest absolute Gasteiger partial charge is 0.466 e. The molecule has 0 unspecified atom stereocenters. The molecule has 6 heteroatoms. The predicted octanol–water partition coefficient (Wildman–Crippen LogP) is 0.892. The molecule has 0 aromatic carbocycles. The van der Waals surface area contributed by atoms with Crippen LogP contribution in [0, 0.1) is 5.92 Å². The summed E-state index contributed by atoms with van der Waals surface area (Å²) in [6.07, 6.45) is 5.78. The average molecular weight is 263 g/mol. The van der Waals surface area contributed by atoms with Crippen LogP contribution >= 0.6 is 0 Å². The van der Waals surface area contributed by atoms with Gasteiger partial charge in [-0.1, -0.05) is 0 Å². The van der Waals surface area contributed by atoms with Gasteiger partial charge in [0, 0.05) is 25.5 Å². The minimum Gasteiger partial charge on any atom is -0.466 e. The van der Waals surface area contributed by atoms with Crippen LogP contribution in [0.5, 0.6) is 0 Å². The topological polar surface area (TPSA) is 72.4 Å². The number of carbonyl (C=O) groups excluding carboxylic acids is 2. The van der Waals surface area contributed by atoms with Crippen LogP contribution in [0.15, 0.2) is 18.6 Å². The van der Waals surface area contributed by atoms with Crippen LogP contribution in [0.4, 0.5) is 0 Å². The Morgan fingerprint density at radius 3 is 2.68 bits per heavy atom. The summed E-state index contributed by atoms with van der Waals surface area (Å²) in [7, 11) is 0. The molecule has 0 aliphatic carbocycles. The molecule has 0 bridgehead atoms. The highest BCUT2D eigenvalue weighted by molar-refractivity contribution is 5.92. The van der Waals surface area contributed by atoms with E-state index in [0.29, 0.717) is 38.2 Å². The van der Waals surface area contributed by atoms with E-state index in [1.165, 1.54) is 18.6 Å². The van der Waals surface area contributed by atoms with Crippen molar-refractivity contribution < 1.29 is 14.3 Å². The van der Waals surface area contributed by atoms with Gasteiger partial charge in [0.15, 0.2) is 0 Å². The molecule has 1 aliphatic heterocycles. The van der Waals surface area contributed by atoms with E-state index in [9.17, 15) is 9.59 Å². The maximum absolute atomic E-state index is 12.1. The Morgan fingerprint density at radius 2 is 2.11 bits per heavy atom. The normalized spacial score (nSPS) is 16.2. The van der Waals surface area contributed by atoms with Crippen molar-refractivity contribution in [3.63, 3.8) is 0 Å². The molecule has 0 atom stereocenters. The van der Waals surface area contributed by atoms with Crippen molar-refractivity contribution in [2.24, 2.45) is 5.92 Å². The first-order chi connectivity index (χ1) is 9.22. The van der Waals surface area contributed by atoms with Crippen LogP contribution in [-0.2, 0) is 9.53 Å². The van der Waals surface area contributed by atoms with Crippen LogP contribution in [0.3, 0.4) is 0 Å². The highest BCUT2D eigenvalue weighted by Gasteiger charge is 2.28. The molecule has 102 valence electrons. The fourth-order valence-corrected chi connectivity index (χ4v) is 2.15. The third kappa shape index (κ3) is 3.27. The molecule has 0 saturated carbocycles. The van der Waals surface area contributed by atoms with Crippen molar-refractivity contribution in [2.75, 3.05) is 19.7 Å².